The summed E-state index contributed by atoms with van der Waals surface area (Å²) in [7, 11) is 5.91. The van der Waals surface area contributed by atoms with Gasteiger partial charge in [0.1, 0.15) is 29.5 Å². The summed E-state index contributed by atoms with van der Waals surface area (Å²) >= 11 is 5.54. The highest BCUT2D eigenvalue weighted by molar-refractivity contribution is 7.80. The number of benzene rings is 2. The Bertz CT molecular complexity index is 1030. The summed E-state index contributed by atoms with van der Waals surface area (Å²) in [6.07, 6.45) is 1.62. The van der Waals surface area contributed by atoms with Gasteiger partial charge in [-0.05, 0) is 54.7 Å². The largest absolute Gasteiger partial charge is 0.497 e. The van der Waals surface area contributed by atoms with Gasteiger partial charge in [0.25, 0.3) is 5.91 Å². The summed E-state index contributed by atoms with van der Waals surface area (Å²) in [6, 6.07) is 12.1. The molecule has 1 aliphatic heterocycles. The molecule has 0 bridgehead atoms. The van der Waals surface area contributed by atoms with Gasteiger partial charge in [0.2, 0.25) is 0 Å². The minimum atomic E-state index is -0.528. The highest BCUT2D eigenvalue weighted by Gasteiger charge is 2.40. The van der Waals surface area contributed by atoms with Crippen LogP contribution in [0.25, 0.3) is 6.08 Å². The smallest absolute Gasteiger partial charge is 0.325 e. The normalized spacial score (nSPS) is 14.8. The number of ether oxygens (including phenoxy) is 4. The Hall–Kier alpha value is -3.59. The number of thiocarbonyl (C=S) groups is 1. The van der Waals surface area contributed by atoms with Gasteiger partial charge in [-0.1, -0.05) is 0 Å². The lowest BCUT2D eigenvalue weighted by molar-refractivity contribution is -0.140. The predicted octanol–water partition coefficient (Wildman–Crippen LogP) is 2.86. The van der Waals surface area contributed by atoms with Gasteiger partial charge in [-0.15, -0.1) is 0 Å². The molecule has 1 fully saturated rings. The van der Waals surface area contributed by atoms with Crippen LogP contribution in [0.4, 0.5) is 5.69 Å². The number of carbonyl (C=O) groups is 2. The van der Waals surface area contributed by atoms with Crippen LogP contribution in [0.1, 0.15) is 5.56 Å². The van der Waals surface area contributed by atoms with Crippen molar-refractivity contribution >= 4 is 41.0 Å². The molecule has 1 saturated heterocycles. The molecule has 1 amide bonds. The van der Waals surface area contributed by atoms with Crippen molar-refractivity contribution in [3.63, 3.8) is 0 Å². The third-order valence-corrected chi connectivity index (χ3v) is 5.12. The average molecular weight is 442 g/mol. The van der Waals surface area contributed by atoms with Crippen molar-refractivity contribution in [1.29, 1.82) is 0 Å². The van der Waals surface area contributed by atoms with Gasteiger partial charge in [-0.2, -0.15) is 0 Å². The fourth-order valence-electron chi connectivity index (χ4n) is 3.07. The van der Waals surface area contributed by atoms with Crippen LogP contribution in [-0.4, -0.2) is 56.9 Å². The van der Waals surface area contributed by atoms with Crippen molar-refractivity contribution in [3.05, 3.63) is 53.7 Å². The second kappa shape index (κ2) is 9.48. The number of hydrogen-bond donors (Lipinski definition) is 0. The van der Waals surface area contributed by atoms with Crippen LogP contribution < -0.4 is 19.1 Å². The van der Waals surface area contributed by atoms with E-state index in [0.717, 1.165) is 0 Å². The summed E-state index contributed by atoms with van der Waals surface area (Å²) < 4.78 is 20.6. The zero-order valence-corrected chi connectivity index (χ0v) is 18.4. The molecule has 0 atom stereocenters. The summed E-state index contributed by atoms with van der Waals surface area (Å²) in [5.41, 5.74) is 1.39. The molecule has 2 aromatic rings. The lowest BCUT2D eigenvalue weighted by atomic mass is 10.1. The highest BCUT2D eigenvalue weighted by Crippen LogP contribution is 2.33. The van der Waals surface area contributed by atoms with Crippen LogP contribution in [0.3, 0.4) is 0 Å². The maximum Gasteiger partial charge on any atom is 0.325 e. The molecule has 0 saturated carbocycles. The van der Waals surface area contributed by atoms with Gasteiger partial charge < -0.3 is 23.8 Å². The number of anilines is 1. The lowest BCUT2D eigenvalue weighted by Gasteiger charge is -2.19. The first kappa shape index (κ1) is 22.1. The molecule has 0 aliphatic carbocycles. The number of rotatable bonds is 7. The molecule has 31 heavy (non-hydrogen) atoms. The van der Waals surface area contributed by atoms with Crippen LogP contribution in [0, 0.1) is 0 Å². The lowest BCUT2D eigenvalue weighted by Crippen LogP contribution is -2.35. The van der Waals surface area contributed by atoms with E-state index < -0.39 is 5.97 Å². The number of carbonyl (C=O) groups excluding carboxylic acids is 2. The number of hydrogen-bond acceptors (Lipinski definition) is 7. The molecule has 9 heteroatoms. The molecule has 0 spiro atoms. The van der Waals surface area contributed by atoms with Crippen LogP contribution >= 0.6 is 12.2 Å². The number of methoxy groups -OCH3 is 4. The average Bonchev–Trinajstić information content (AvgIpc) is 3.03. The van der Waals surface area contributed by atoms with Crippen molar-refractivity contribution in [3.8, 4) is 17.2 Å². The van der Waals surface area contributed by atoms with E-state index >= 15 is 0 Å². The summed E-state index contributed by atoms with van der Waals surface area (Å²) in [5, 5.41) is 0.166. The molecule has 162 valence electrons. The van der Waals surface area contributed by atoms with Gasteiger partial charge >= 0.3 is 5.97 Å². The molecular weight excluding hydrogens is 420 g/mol. The minimum Gasteiger partial charge on any atom is -0.497 e. The molecule has 3 rings (SSSR count). The molecule has 0 unspecified atom stereocenters. The fourth-order valence-corrected chi connectivity index (χ4v) is 3.42. The Labute approximate surface area is 185 Å². The SMILES string of the molecule is COC(=O)CN1C(=S)N(c2ccc(OC)cc2)C(=O)/C1=C/c1ccc(OC)cc1OC. The van der Waals surface area contributed by atoms with Gasteiger partial charge in [-0.3, -0.25) is 14.5 Å². The minimum absolute atomic E-state index is 0.166. The Balaban J connectivity index is 2.07. The Kier molecular flexibility index (Phi) is 6.76. The van der Waals surface area contributed by atoms with Crippen LogP contribution in [0.15, 0.2) is 48.2 Å². The van der Waals surface area contributed by atoms with E-state index in [4.69, 9.17) is 31.2 Å². The Morgan fingerprint density at radius 3 is 2.19 bits per heavy atom. The highest BCUT2D eigenvalue weighted by atomic mass is 32.1. The van der Waals surface area contributed by atoms with Crippen molar-refractivity contribution in [2.24, 2.45) is 0 Å². The molecular formula is C22H22N2O6S. The van der Waals surface area contributed by atoms with Gasteiger partial charge in [-0.25, -0.2) is 0 Å². The van der Waals surface area contributed by atoms with E-state index in [9.17, 15) is 9.59 Å². The van der Waals surface area contributed by atoms with E-state index in [-0.39, 0.29) is 23.3 Å². The third-order valence-electron chi connectivity index (χ3n) is 4.71. The van der Waals surface area contributed by atoms with Crippen molar-refractivity contribution in [2.45, 2.75) is 0 Å². The first-order valence-corrected chi connectivity index (χ1v) is 9.64. The summed E-state index contributed by atoms with van der Waals surface area (Å²) in [5.74, 6) is 0.854. The number of amides is 1. The van der Waals surface area contributed by atoms with E-state index in [0.29, 0.717) is 28.5 Å². The standard InChI is InChI=1S/C22H22N2O6S/c1-27-16-9-6-15(7-10-16)24-21(26)18(23(22(24)31)13-20(25)30-4)11-14-5-8-17(28-2)12-19(14)29-3/h5-12H,13H2,1-4H3/b18-11-. The Morgan fingerprint density at radius 2 is 1.61 bits per heavy atom. The van der Waals surface area contributed by atoms with E-state index in [2.05, 4.69) is 0 Å². The summed E-state index contributed by atoms with van der Waals surface area (Å²) in [4.78, 5) is 28.2. The van der Waals surface area contributed by atoms with Crippen molar-refractivity contribution in [1.82, 2.24) is 4.90 Å². The van der Waals surface area contributed by atoms with Crippen LogP contribution in [-0.2, 0) is 14.3 Å². The van der Waals surface area contributed by atoms with E-state index in [1.54, 1.807) is 62.8 Å². The third kappa shape index (κ3) is 4.46. The first-order chi connectivity index (χ1) is 14.9. The maximum absolute atomic E-state index is 13.4. The zero-order chi connectivity index (χ0) is 22.5. The monoisotopic (exact) mass is 442 g/mol. The first-order valence-electron chi connectivity index (χ1n) is 9.24. The molecule has 0 radical (unpaired) electrons. The number of esters is 1. The Morgan fingerprint density at radius 1 is 0.968 bits per heavy atom. The predicted molar refractivity (Wildman–Crippen MR) is 119 cm³/mol. The van der Waals surface area contributed by atoms with Crippen molar-refractivity contribution < 1.29 is 28.5 Å². The van der Waals surface area contributed by atoms with Crippen molar-refractivity contribution in [2.75, 3.05) is 39.9 Å². The van der Waals surface area contributed by atoms with Crippen LogP contribution in [0.2, 0.25) is 0 Å². The summed E-state index contributed by atoms with van der Waals surface area (Å²) in [6.45, 7) is -0.210. The number of nitrogens with zero attached hydrogens (tertiary/aromatic N) is 2. The zero-order valence-electron chi connectivity index (χ0n) is 17.6. The van der Waals surface area contributed by atoms with Gasteiger partial charge in [0, 0.05) is 11.6 Å². The second-order valence-corrected chi connectivity index (χ2v) is 6.79. The van der Waals surface area contributed by atoms with E-state index in [1.165, 1.54) is 24.0 Å². The van der Waals surface area contributed by atoms with E-state index in [1.807, 2.05) is 0 Å². The molecule has 8 nitrogen and oxygen atoms in total. The van der Waals surface area contributed by atoms with Crippen LogP contribution in [0.5, 0.6) is 17.2 Å². The maximum atomic E-state index is 13.4. The topological polar surface area (TPSA) is 77.5 Å². The molecule has 0 N–H and O–H groups in total. The molecule has 1 aliphatic rings. The molecule has 2 aromatic carbocycles. The second-order valence-electron chi connectivity index (χ2n) is 6.42. The fraction of sp³-hybridized carbons (Fsp3) is 0.227. The molecule has 0 aromatic heterocycles. The molecule has 1 heterocycles. The quantitative estimate of drug-likeness (QED) is 0.368. The van der Waals surface area contributed by atoms with Gasteiger partial charge in [0.05, 0.1) is 34.1 Å². The van der Waals surface area contributed by atoms with Gasteiger partial charge in [0.15, 0.2) is 5.11 Å².